The van der Waals surface area contributed by atoms with Crippen LogP contribution >= 0.6 is 0 Å². The molecule has 0 bridgehead atoms. The van der Waals surface area contributed by atoms with Crippen LogP contribution in [0.5, 0.6) is 0 Å². The van der Waals surface area contributed by atoms with Crippen molar-refractivity contribution in [3.05, 3.63) is 47.3 Å². The fourth-order valence-corrected chi connectivity index (χ4v) is 6.73. The molecule has 2 aromatic rings. The summed E-state index contributed by atoms with van der Waals surface area (Å²) in [6, 6.07) is 9.81. The highest BCUT2D eigenvalue weighted by molar-refractivity contribution is 7.89. The lowest BCUT2D eigenvalue weighted by molar-refractivity contribution is -0.126. The molecular formula is C26H35N3O4S. The van der Waals surface area contributed by atoms with E-state index in [1.165, 1.54) is 23.6 Å². The zero-order valence-corrected chi connectivity index (χ0v) is 20.7. The number of rotatable bonds is 6. The molecule has 4 rings (SSSR count). The lowest BCUT2D eigenvalue weighted by atomic mass is 9.94. The largest absolute Gasteiger partial charge is 0.355 e. The highest BCUT2D eigenvalue weighted by atomic mass is 32.2. The number of carbonyl (C=O) groups excluding carboxylic acids is 1. The number of benzene rings is 1. The first-order valence-corrected chi connectivity index (χ1v) is 13.9. The normalized spacial score (nSPS) is 21.3. The molecule has 8 heteroatoms. The van der Waals surface area contributed by atoms with Gasteiger partial charge in [0.15, 0.2) is 10.7 Å². The second-order valence-electron chi connectivity index (χ2n) is 9.46. The van der Waals surface area contributed by atoms with Gasteiger partial charge in [-0.1, -0.05) is 73.7 Å². The van der Waals surface area contributed by atoms with Crippen LogP contribution in [0, 0.1) is 12.8 Å². The van der Waals surface area contributed by atoms with Gasteiger partial charge in [0, 0.05) is 19.1 Å². The third kappa shape index (κ3) is 5.96. The van der Waals surface area contributed by atoms with Gasteiger partial charge in [0.25, 0.3) is 0 Å². The Hall–Kier alpha value is -2.45. The molecule has 34 heavy (non-hydrogen) atoms. The Morgan fingerprint density at radius 1 is 1.03 bits per heavy atom. The van der Waals surface area contributed by atoms with Gasteiger partial charge in [0.2, 0.25) is 15.9 Å². The molecule has 1 atom stereocenters. The number of hydrogen-bond donors (Lipinski definition) is 1. The van der Waals surface area contributed by atoms with Gasteiger partial charge in [0.1, 0.15) is 5.69 Å². The van der Waals surface area contributed by atoms with E-state index < -0.39 is 10.0 Å². The average molecular weight is 486 g/mol. The number of sulfonamides is 1. The van der Waals surface area contributed by atoms with E-state index in [-0.39, 0.29) is 35.1 Å². The summed E-state index contributed by atoms with van der Waals surface area (Å²) in [5.74, 6) is -0.142. The zero-order chi connectivity index (χ0) is 24.0. The van der Waals surface area contributed by atoms with Crippen molar-refractivity contribution in [2.75, 3.05) is 13.1 Å². The van der Waals surface area contributed by atoms with Gasteiger partial charge in [-0.2, -0.15) is 4.31 Å². The molecule has 1 N–H and O–H groups in total. The van der Waals surface area contributed by atoms with Crippen LogP contribution in [0.1, 0.15) is 74.8 Å². The second-order valence-corrected chi connectivity index (χ2v) is 11.3. The molecule has 2 aliphatic rings. The van der Waals surface area contributed by atoms with Crippen molar-refractivity contribution in [1.29, 1.82) is 0 Å². The van der Waals surface area contributed by atoms with Crippen molar-refractivity contribution in [2.24, 2.45) is 5.92 Å². The minimum atomic E-state index is -3.85. The summed E-state index contributed by atoms with van der Waals surface area (Å²) in [6.07, 6.45) is 12.8. The highest BCUT2D eigenvalue weighted by Gasteiger charge is 2.37. The lowest BCUT2D eigenvalue weighted by Gasteiger charge is -2.32. The highest BCUT2D eigenvalue weighted by Crippen LogP contribution is 2.29. The quantitative estimate of drug-likeness (QED) is 0.635. The minimum absolute atomic E-state index is 0.0169. The number of amides is 1. The zero-order valence-electron chi connectivity index (χ0n) is 19.9. The predicted octanol–water partition coefficient (Wildman–Crippen LogP) is 4.78. The molecule has 0 radical (unpaired) electrons. The summed E-state index contributed by atoms with van der Waals surface area (Å²) >= 11 is 0. The fraction of sp³-hybridized carbons (Fsp3) is 0.538. The van der Waals surface area contributed by atoms with Crippen molar-refractivity contribution in [3.63, 3.8) is 0 Å². The number of nitrogens with one attached hydrogen (secondary N) is 1. The molecule has 1 amide bonds. The molecule has 1 unspecified atom stereocenters. The summed E-state index contributed by atoms with van der Waals surface area (Å²) in [4.78, 5) is 13.1. The molecule has 1 aliphatic heterocycles. The molecule has 184 valence electrons. The van der Waals surface area contributed by atoms with Crippen LogP contribution in [0.3, 0.4) is 0 Å². The van der Waals surface area contributed by atoms with E-state index in [4.69, 9.17) is 4.52 Å². The summed E-state index contributed by atoms with van der Waals surface area (Å²) < 4.78 is 34.0. The first-order valence-electron chi connectivity index (χ1n) is 12.4. The van der Waals surface area contributed by atoms with Crippen molar-refractivity contribution in [1.82, 2.24) is 14.8 Å². The first-order chi connectivity index (χ1) is 16.4. The Kier molecular flexibility index (Phi) is 8.21. The number of hydrogen-bond acceptors (Lipinski definition) is 5. The smallest absolute Gasteiger partial charge is 0.248 e. The first kappa shape index (κ1) is 24.7. The van der Waals surface area contributed by atoms with Gasteiger partial charge in [-0.3, -0.25) is 4.79 Å². The van der Waals surface area contributed by atoms with E-state index in [0.717, 1.165) is 31.2 Å². The number of aromatic nitrogens is 1. The minimum Gasteiger partial charge on any atom is -0.355 e. The summed E-state index contributed by atoms with van der Waals surface area (Å²) in [6.45, 7) is 2.22. The topological polar surface area (TPSA) is 92.5 Å². The van der Waals surface area contributed by atoms with Gasteiger partial charge in [0.05, 0.1) is 5.92 Å². The maximum atomic E-state index is 13.6. The SMILES string of the molecule is Cc1noc(C=Cc2ccccc2)c1S(=O)(=O)N1CCCC(C(=O)NC2CCCCCCC2)C1. The van der Waals surface area contributed by atoms with Crippen LogP contribution in [-0.2, 0) is 14.8 Å². The van der Waals surface area contributed by atoms with Crippen LogP contribution in [0.2, 0.25) is 0 Å². The summed E-state index contributed by atoms with van der Waals surface area (Å²) in [5.41, 5.74) is 1.26. The predicted molar refractivity (Wildman–Crippen MR) is 132 cm³/mol. The van der Waals surface area contributed by atoms with E-state index >= 15 is 0 Å². The van der Waals surface area contributed by atoms with Crippen molar-refractivity contribution in [3.8, 4) is 0 Å². The lowest BCUT2D eigenvalue weighted by Crippen LogP contribution is -2.47. The van der Waals surface area contributed by atoms with Crippen LogP contribution in [-0.4, -0.2) is 42.9 Å². The number of piperidine rings is 1. The third-order valence-electron chi connectivity index (χ3n) is 6.86. The Balaban J connectivity index is 1.47. The van der Waals surface area contributed by atoms with Crippen molar-refractivity contribution in [2.45, 2.75) is 75.6 Å². The maximum absolute atomic E-state index is 13.6. The standard InChI is InChI=1S/C26H35N3O4S/c1-20-25(24(33-28-20)17-16-21-11-6-5-7-12-21)34(31,32)29-18-10-13-22(19-29)26(30)27-23-14-8-3-2-4-9-15-23/h5-7,11-12,16-17,22-23H,2-4,8-10,13-15,18-19H2,1H3,(H,27,30). The molecular weight excluding hydrogens is 450 g/mol. The van der Waals surface area contributed by atoms with E-state index in [0.29, 0.717) is 25.1 Å². The van der Waals surface area contributed by atoms with Gasteiger partial charge in [-0.25, -0.2) is 8.42 Å². The molecule has 2 heterocycles. The molecule has 2 fully saturated rings. The monoisotopic (exact) mass is 485 g/mol. The van der Waals surface area contributed by atoms with Crippen LogP contribution in [0.4, 0.5) is 0 Å². The van der Waals surface area contributed by atoms with E-state index in [1.54, 1.807) is 19.1 Å². The molecule has 1 aliphatic carbocycles. The molecule has 1 aromatic carbocycles. The second kappa shape index (κ2) is 11.3. The van der Waals surface area contributed by atoms with E-state index in [9.17, 15) is 13.2 Å². The summed E-state index contributed by atoms with van der Waals surface area (Å²) in [5, 5.41) is 7.15. The summed E-state index contributed by atoms with van der Waals surface area (Å²) in [7, 11) is -3.85. The maximum Gasteiger partial charge on any atom is 0.248 e. The van der Waals surface area contributed by atoms with Gasteiger partial charge >= 0.3 is 0 Å². The van der Waals surface area contributed by atoms with Crippen LogP contribution in [0.25, 0.3) is 12.2 Å². The molecule has 7 nitrogen and oxygen atoms in total. The molecule has 1 saturated heterocycles. The molecule has 0 spiro atoms. The van der Waals surface area contributed by atoms with Crippen LogP contribution < -0.4 is 5.32 Å². The molecule has 1 aromatic heterocycles. The Bertz CT molecular complexity index is 1090. The van der Waals surface area contributed by atoms with Gasteiger partial charge in [-0.05, 0) is 44.2 Å². The number of aryl methyl sites for hydroxylation is 1. The Morgan fingerprint density at radius 3 is 2.47 bits per heavy atom. The van der Waals surface area contributed by atoms with Crippen LogP contribution in [0.15, 0.2) is 39.8 Å². The van der Waals surface area contributed by atoms with E-state index in [2.05, 4.69) is 10.5 Å². The number of carbonyl (C=O) groups is 1. The van der Waals surface area contributed by atoms with Gasteiger partial charge < -0.3 is 9.84 Å². The molecule has 1 saturated carbocycles. The van der Waals surface area contributed by atoms with Crippen molar-refractivity contribution >= 4 is 28.1 Å². The fourth-order valence-electron chi connectivity index (χ4n) is 4.96. The van der Waals surface area contributed by atoms with Gasteiger partial charge in [-0.15, -0.1) is 0 Å². The van der Waals surface area contributed by atoms with Crippen molar-refractivity contribution < 1.29 is 17.7 Å². The number of nitrogens with zero attached hydrogens (tertiary/aromatic N) is 2. The van der Waals surface area contributed by atoms with E-state index in [1.807, 2.05) is 30.3 Å². The Labute approximate surface area is 202 Å². The third-order valence-corrected chi connectivity index (χ3v) is 8.89. The average Bonchev–Trinajstić information content (AvgIpc) is 3.21. The Morgan fingerprint density at radius 2 is 1.74 bits per heavy atom.